The molecule has 0 saturated carbocycles. The van der Waals surface area contributed by atoms with E-state index >= 15 is 0 Å². The average Bonchev–Trinajstić information content (AvgIpc) is 3.53. The summed E-state index contributed by atoms with van der Waals surface area (Å²) in [5.74, 6) is 0. The number of nitrogens with zero attached hydrogens (tertiary/aromatic N) is 2. The largest absolute Gasteiger partial charge is 0.310 e. The molecule has 0 fully saturated rings. The molecule has 0 unspecified atom stereocenters. The maximum Gasteiger partial charge on any atom is 0.0561 e. The van der Waals surface area contributed by atoms with Crippen molar-refractivity contribution in [1.29, 1.82) is 0 Å². The number of benzene rings is 8. The number of hydrogen-bond acceptors (Lipinski definition) is 1. The Labute approximate surface area is 292 Å². The molecule has 0 N–H and O–H groups in total. The van der Waals surface area contributed by atoms with Crippen LogP contribution in [0.4, 0.5) is 17.1 Å². The van der Waals surface area contributed by atoms with Crippen molar-refractivity contribution in [1.82, 2.24) is 4.57 Å². The first-order valence-corrected chi connectivity index (χ1v) is 17.1. The zero-order valence-corrected chi connectivity index (χ0v) is 27.5. The summed E-state index contributed by atoms with van der Waals surface area (Å²) in [4.78, 5) is 2.39. The van der Waals surface area contributed by atoms with Gasteiger partial charge in [0.25, 0.3) is 0 Å². The highest BCUT2D eigenvalue weighted by Crippen LogP contribution is 2.42. The molecule has 2 heteroatoms. The summed E-state index contributed by atoms with van der Waals surface area (Å²) in [6, 6.07) is 74.1. The molecule has 9 aromatic rings. The van der Waals surface area contributed by atoms with Crippen molar-refractivity contribution < 1.29 is 0 Å². The normalized spacial score (nSPS) is 11.2. The lowest BCUT2D eigenvalue weighted by atomic mass is 9.97. The van der Waals surface area contributed by atoms with Gasteiger partial charge in [-0.2, -0.15) is 0 Å². The van der Waals surface area contributed by atoms with Gasteiger partial charge in [0.2, 0.25) is 0 Å². The van der Waals surface area contributed by atoms with E-state index in [1.807, 2.05) is 0 Å². The van der Waals surface area contributed by atoms with Gasteiger partial charge < -0.3 is 9.47 Å². The van der Waals surface area contributed by atoms with E-state index in [0.29, 0.717) is 0 Å². The molecule has 50 heavy (non-hydrogen) atoms. The van der Waals surface area contributed by atoms with Crippen molar-refractivity contribution in [3.8, 4) is 39.1 Å². The van der Waals surface area contributed by atoms with Gasteiger partial charge in [-0.1, -0.05) is 146 Å². The van der Waals surface area contributed by atoms with Crippen LogP contribution in [0, 0.1) is 0 Å². The average molecular weight is 639 g/mol. The fourth-order valence-electron chi connectivity index (χ4n) is 7.17. The number of aromatic nitrogens is 1. The molecule has 0 amide bonds. The minimum absolute atomic E-state index is 1.10. The highest BCUT2D eigenvalue weighted by molar-refractivity contribution is 6.10. The molecule has 0 aliphatic carbocycles. The van der Waals surface area contributed by atoms with Gasteiger partial charge in [0.15, 0.2) is 0 Å². The number of rotatable bonds is 7. The molecule has 0 radical (unpaired) electrons. The number of hydrogen-bond donors (Lipinski definition) is 0. The third-order valence-corrected chi connectivity index (χ3v) is 9.55. The lowest BCUT2D eigenvalue weighted by Gasteiger charge is -2.27. The molecule has 9 rings (SSSR count). The van der Waals surface area contributed by atoms with Gasteiger partial charge in [-0.05, 0) is 94.0 Å². The molecule has 1 heterocycles. The van der Waals surface area contributed by atoms with Gasteiger partial charge in [0.1, 0.15) is 0 Å². The zero-order chi connectivity index (χ0) is 33.3. The van der Waals surface area contributed by atoms with Crippen molar-refractivity contribution in [2.45, 2.75) is 0 Å². The Morgan fingerprint density at radius 1 is 0.280 bits per heavy atom. The maximum atomic E-state index is 2.40. The quantitative estimate of drug-likeness (QED) is 0.169. The summed E-state index contributed by atoms with van der Waals surface area (Å²) in [5.41, 5.74) is 14.0. The van der Waals surface area contributed by atoms with Crippen LogP contribution in [0.15, 0.2) is 206 Å². The van der Waals surface area contributed by atoms with Crippen LogP contribution < -0.4 is 4.90 Å². The summed E-state index contributed by atoms with van der Waals surface area (Å²) >= 11 is 0. The van der Waals surface area contributed by atoms with E-state index in [4.69, 9.17) is 0 Å². The van der Waals surface area contributed by atoms with Gasteiger partial charge >= 0.3 is 0 Å². The molecule has 8 aromatic carbocycles. The Hall–Kier alpha value is -6.64. The van der Waals surface area contributed by atoms with Crippen molar-refractivity contribution in [3.05, 3.63) is 206 Å². The van der Waals surface area contributed by atoms with Crippen molar-refractivity contribution >= 4 is 38.9 Å². The monoisotopic (exact) mass is 638 g/mol. The molecule has 0 aliphatic heterocycles. The standard InChI is InChI=1S/C48H34N2/c1-5-15-35(16-6-1)38-25-27-42(28-26-38)50-47-24-14-13-23-45(47)46-30-29-43(34-48(46)50)49(41-21-11-4-12-22-41)44-32-39(36-17-7-2-8-18-36)31-40(33-44)37-19-9-3-10-20-37/h1-34H. The molecule has 0 aliphatic rings. The summed E-state index contributed by atoms with van der Waals surface area (Å²) in [7, 11) is 0. The van der Waals surface area contributed by atoms with Crippen LogP contribution in [-0.4, -0.2) is 4.57 Å². The number of fused-ring (bicyclic) bond motifs is 3. The van der Waals surface area contributed by atoms with E-state index in [-0.39, 0.29) is 0 Å². The van der Waals surface area contributed by atoms with E-state index in [2.05, 4.69) is 216 Å². The van der Waals surface area contributed by atoms with E-state index in [1.54, 1.807) is 0 Å². The molecule has 1 aromatic heterocycles. The lowest BCUT2D eigenvalue weighted by Crippen LogP contribution is -2.10. The Bertz CT molecular complexity index is 2500. The fourth-order valence-corrected chi connectivity index (χ4v) is 7.17. The molecular formula is C48H34N2. The van der Waals surface area contributed by atoms with Crippen LogP contribution in [0.25, 0.3) is 60.9 Å². The fraction of sp³-hybridized carbons (Fsp3) is 0. The molecule has 0 spiro atoms. The van der Waals surface area contributed by atoms with E-state index in [1.165, 1.54) is 55.2 Å². The van der Waals surface area contributed by atoms with E-state index in [0.717, 1.165) is 22.7 Å². The van der Waals surface area contributed by atoms with E-state index in [9.17, 15) is 0 Å². The van der Waals surface area contributed by atoms with Crippen LogP contribution in [0.3, 0.4) is 0 Å². The molecule has 0 atom stereocenters. The van der Waals surface area contributed by atoms with Crippen LogP contribution in [0.5, 0.6) is 0 Å². The minimum Gasteiger partial charge on any atom is -0.310 e. The summed E-state index contributed by atoms with van der Waals surface area (Å²) in [6.45, 7) is 0. The van der Waals surface area contributed by atoms with Crippen LogP contribution in [-0.2, 0) is 0 Å². The molecule has 0 bridgehead atoms. The first-order valence-electron chi connectivity index (χ1n) is 17.1. The second-order valence-electron chi connectivity index (χ2n) is 12.6. The highest BCUT2D eigenvalue weighted by Gasteiger charge is 2.19. The Morgan fingerprint density at radius 2 is 0.760 bits per heavy atom. The molecule has 2 nitrogen and oxygen atoms in total. The SMILES string of the molecule is c1ccc(-c2ccc(-n3c4ccccc4c4ccc(N(c5ccccc5)c5cc(-c6ccccc6)cc(-c6ccccc6)c5)cc43)cc2)cc1. The molecular weight excluding hydrogens is 605 g/mol. The van der Waals surface area contributed by atoms with Crippen molar-refractivity contribution in [2.24, 2.45) is 0 Å². The van der Waals surface area contributed by atoms with Crippen LogP contribution >= 0.6 is 0 Å². The second kappa shape index (κ2) is 12.8. The third-order valence-electron chi connectivity index (χ3n) is 9.55. The third kappa shape index (κ3) is 5.43. The maximum absolute atomic E-state index is 2.40. The molecule has 236 valence electrons. The predicted octanol–water partition coefficient (Wildman–Crippen LogP) is 13.3. The van der Waals surface area contributed by atoms with Gasteiger partial charge in [-0.15, -0.1) is 0 Å². The zero-order valence-electron chi connectivity index (χ0n) is 27.5. The predicted molar refractivity (Wildman–Crippen MR) is 212 cm³/mol. The summed E-state index contributed by atoms with van der Waals surface area (Å²) in [5, 5.41) is 2.47. The molecule has 0 saturated heterocycles. The highest BCUT2D eigenvalue weighted by atomic mass is 15.1. The summed E-state index contributed by atoms with van der Waals surface area (Å²) < 4.78 is 2.40. The van der Waals surface area contributed by atoms with Gasteiger partial charge in [0.05, 0.1) is 11.0 Å². The first-order chi connectivity index (χ1) is 24.8. The van der Waals surface area contributed by atoms with Crippen molar-refractivity contribution in [2.75, 3.05) is 4.90 Å². The topological polar surface area (TPSA) is 8.17 Å². The number of anilines is 3. The van der Waals surface area contributed by atoms with Crippen molar-refractivity contribution in [3.63, 3.8) is 0 Å². The minimum atomic E-state index is 1.10. The number of para-hydroxylation sites is 2. The second-order valence-corrected chi connectivity index (χ2v) is 12.6. The smallest absolute Gasteiger partial charge is 0.0561 e. The lowest BCUT2D eigenvalue weighted by molar-refractivity contribution is 1.18. The van der Waals surface area contributed by atoms with Gasteiger partial charge in [0, 0.05) is 33.5 Å². The van der Waals surface area contributed by atoms with E-state index < -0.39 is 0 Å². The van der Waals surface area contributed by atoms with Crippen LogP contribution in [0.2, 0.25) is 0 Å². The Morgan fingerprint density at radius 3 is 1.36 bits per heavy atom. The summed E-state index contributed by atoms with van der Waals surface area (Å²) in [6.07, 6.45) is 0. The van der Waals surface area contributed by atoms with Crippen LogP contribution in [0.1, 0.15) is 0 Å². The first kappa shape index (κ1) is 29.5. The Kier molecular flexibility index (Phi) is 7.53. The van der Waals surface area contributed by atoms with Gasteiger partial charge in [-0.3, -0.25) is 0 Å². The Balaban J connectivity index is 1.26. The van der Waals surface area contributed by atoms with Gasteiger partial charge in [-0.25, -0.2) is 0 Å².